The van der Waals surface area contributed by atoms with Gasteiger partial charge < -0.3 is 5.32 Å². The molecule has 0 fully saturated rings. The molecule has 1 aromatic rings. The normalized spacial score (nSPS) is 13.8. The van der Waals surface area contributed by atoms with Gasteiger partial charge in [0.2, 0.25) is 0 Å². The average Bonchev–Trinajstić information content (AvgIpc) is 2.30. The molecule has 1 unspecified atom stereocenters. The Labute approximate surface area is 123 Å². The Bertz CT molecular complexity index is 367. The summed E-state index contributed by atoms with van der Waals surface area (Å²) in [4.78, 5) is 2.38. The lowest BCUT2D eigenvalue weighted by molar-refractivity contribution is 0.231. The van der Waals surface area contributed by atoms with Gasteiger partial charge in [-0.15, -0.1) is 0 Å². The highest BCUT2D eigenvalue weighted by atomic mass is 35.5. The van der Waals surface area contributed by atoms with Crippen LogP contribution in [0.1, 0.15) is 39.7 Å². The third-order valence-electron chi connectivity index (χ3n) is 3.32. The first kappa shape index (κ1) is 16.5. The van der Waals surface area contributed by atoms with Crippen molar-refractivity contribution in [1.82, 2.24) is 10.2 Å². The Hall–Kier alpha value is -0.570. The van der Waals surface area contributed by atoms with Crippen LogP contribution < -0.4 is 5.32 Å². The third kappa shape index (κ3) is 6.95. The molecular formula is C16H27ClN2. The van der Waals surface area contributed by atoms with Crippen LogP contribution in [0.4, 0.5) is 0 Å². The molecule has 0 aliphatic rings. The lowest BCUT2D eigenvalue weighted by Crippen LogP contribution is -2.39. The first-order chi connectivity index (χ1) is 8.78. The summed E-state index contributed by atoms with van der Waals surface area (Å²) in [5.74, 6) is 0. The fraction of sp³-hybridized carbons (Fsp3) is 0.625. The Morgan fingerprint density at radius 1 is 1.21 bits per heavy atom. The fourth-order valence-corrected chi connectivity index (χ4v) is 2.04. The minimum Gasteiger partial charge on any atom is -0.312 e. The third-order valence-corrected chi connectivity index (χ3v) is 3.57. The van der Waals surface area contributed by atoms with Crippen molar-refractivity contribution in [2.24, 2.45) is 0 Å². The standard InChI is InChI=1S/C16H27ClN2/c1-13(10-11-18-16(2,3)4)19(5)12-14-6-8-15(17)9-7-14/h6-9,13,18H,10-12H2,1-5H3. The maximum absolute atomic E-state index is 5.90. The number of nitrogens with zero attached hydrogens (tertiary/aromatic N) is 1. The number of benzene rings is 1. The summed E-state index contributed by atoms with van der Waals surface area (Å²) in [7, 11) is 2.18. The summed E-state index contributed by atoms with van der Waals surface area (Å²) in [6.07, 6.45) is 1.15. The summed E-state index contributed by atoms with van der Waals surface area (Å²) >= 11 is 5.90. The highest BCUT2D eigenvalue weighted by Gasteiger charge is 2.12. The lowest BCUT2D eigenvalue weighted by atomic mass is 10.1. The molecule has 0 bridgehead atoms. The van der Waals surface area contributed by atoms with Crippen LogP contribution in [0.3, 0.4) is 0 Å². The van der Waals surface area contributed by atoms with Gasteiger partial charge in [0.15, 0.2) is 0 Å². The first-order valence-corrected chi connectivity index (χ1v) is 7.35. The van der Waals surface area contributed by atoms with Gasteiger partial charge in [-0.05, 0) is 65.4 Å². The van der Waals surface area contributed by atoms with Gasteiger partial charge in [-0.25, -0.2) is 0 Å². The largest absolute Gasteiger partial charge is 0.312 e. The number of hydrogen-bond acceptors (Lipinski definition) is 2. The molecule has 0 radical (unpaired) electrons. The molecule has 0 aliphatic carbocycles. The van der Waals surface area contributed by atoms with Gasteiger partial charge in [-0.2, -0.15) is 0 Å². The monoisotopic (exact) mass is 282 g/mol. The molecule has 0 aromatic heterocycles. The molecule has 1 aromatic carbocycles. The number of halogens is 1. The zero-order valence-corrected chi connectivity index (χ0v) is 13.6. The zero-order chi connectivity index (χ0) is 14.5. The summed E-state index contributed by atoms with van der Waals surface area (Å²) in [5.41, 5.74) is 1.51. The van der Waals surface area contributed by atoms with E-state index in [1.807, 2.05) is 12.1 Å². The van der Waals surface area contributed by atoms with Crippen LogP contribution in [0.2, 0.25) is 5.02 Å². The van der Waals surface area contributed by atoms with E-state index in [-0.39, 0.29) is 5.54 Å². The van der Waals surface area contributed by atoms with Crippen LogP contribution in [-0.2, 0) is 6.54 Å². The molecule has 1 N–H and O–H groups in total. The van der Waals surface area contributed by atoms with E-state index in [2.05, 4.69) is 57.1 Å². The second kappa shape index (κ2) is 7.28. The van der Waals surface area contributed by atoms with Crippen molar-refractivity contribution >= 4 is 11.6 Å². The van der Waals surface area contributed by atoms with Crippen molar-refractivity contribution < 1.29 is 0 Å². The van der Waals surface area contributed by atoms with Gasteiger partial charge in [0.25, 0.3) is 0 Å². The molecule has 0 spiro atoms. The molecule has 2 nitrogen and oxygen atoms in total. The van der Waals surface area contributed by atoms with Crippen molar-refractivity contribution in [3.05, 3.63) is 34.9 Å². The van der Waals surface area contributed by atoms with E-state index < -0.39 is 0 Å². The molecule has 19 heavy (non-hydrogen) atoms. The molecular weight excluding hydrogens is 256 g/mol. The summed E-state index contributed by atoms with van der Waals surface area (Å²) in [5, 5.41) is 4.33. The average molecular weight is 283 g/mol. The van der Waals surface area contributed by atoms with Crippen LogP contribution in [-0.4, -0.2) is 30.1 Å². The zero-order valence-electron chi connectivity index (χ0n) is 12.8. The number of nitrogens with one attached hydrogen (secondary N) is 1. The van der Waals surface area contributed by atoms with Gasteiger partial charge in [0.05, 0.1) is 0 Å². The minimum atomic E-state index is 0.203. The van der Waals surface area contributed by atoms with Crippen molar-refractivity contribution in [3.63, 3.8) is 0 Å². The van der Waals surface area contributed by atoms with Crippen LogP contribution in [0.25, 0.3) is 0 Å². The van der Waals surface area contributed by atoms with E-state index in [0.29, 0.717) is 6.04 Å². The van der Waals surface area contributed by atoms with Gasteiger partial charge in [0.1, 0.15) is 0 Å². The van der Waals surface area contributed by atoms with Gasteiger partial charge in [0, 0.05) is 23.1 Å². The van der Waals surface area contributed by atoms with Crippen molar-refractivity contribution in [2.75, 3.05) is 13.6 Å². The van der Waals surface area contributed by atoms with E-state index in [1.165, 1.54) is 5.56 Å². The highest BCUT2D eigenvalue weighted by molar-refractivity contribution is 6.30. The van der Waals surface area contributed by atoms with Crippen LogP contribution in [0.15, 0.2) is 24.3 Å². The molecule has 0 amide bonds. The van der Waals surface area contributed by atoms with Gasteiger partial charge in [-0.3, -0.25) is 4.90 Å². The van der Waals surface area contributed by atoms with E-state index in [0.717, 1.165) is 24.5 Å². The Kier molecular flexibility index (Phi) is 6.31. The summed E-state index contributed by atoms with van der Waals surface area (Å²) in [6.45, 7) is 10.9. The van der Waals surface area contributed by atoms with Crippen LogP contribution in [0, 0.1) is 0 Å². The molecule has 1 atom stereocenters. The number of hydrogen-bond donors (Lipinski definition) is 1. The van der Waals surface area contributed by atoms with Crippen LogP contribution >= 0.6 is 11.6 Å². The number of rotatable bonds is 6. The SMILES string of the molecule is CC(CCNC(C)(C)C)N(C)Cc1ccc(Cl)cc1. The topological polar surface area (TPSA) is 15.3 Å². The van der Waals surface area contributed by atoms with Gasteiger partial charge >= 0.3 is 0 Å². The van der Waals surface area contributed by atoms with Crippen LogP contribution in [0.5, 0.6) is 0 Å². The molecule has 3 heteroatoms. The Balaban J connectivity index is 2.36. The van der Waals surface area contributed by atoms with E-state index in [4.69, 9.17) is 11.6 Å². The predicted molar refractivity (Wildman–Crippen MR) is 84.8 cm³/mol. The van der Waals surface area contributed by atoms with Crippen molar-refractivity contribution in [1.29, 1.82) is 0 Å². The van der Waals surface area contributed by atoms with Crippen molar-refractivity contribution in [3.8, 4) is 0 Å². The molecule has 0 saturated carbocycles. The van der Waals surface area contributed by atoms with Crippen molar-refractivity contribution in [2.45, 2.75) is 52.2 Å². The molecule has 0 heterocycles. The maximum atomic E-state index is 5.90. The smallest absolute Gasteiger partial charge is 0.0406 e. The Morgan fingerprint density at radius 3 is 2.32 bits per heavy atom. The van der Waals surface area contributed by atoms with E-state index in [1.54, 1.807) is 0 Å². The van der Waals surface area contributed by atoms with E-state index in [9.17, 15) is 0 Å². The molecule has 108 valence electrons. The molecule has 0 aliphatic heterocycles. The summed E-state index contributed by atoms with van der Waals surface area (Å²) in [6, 6.07) is 8.66. The lowest BCUT2D eigenvalue weighted by Gasteiger charge is -2.27. The maximum Gasteiger partial charge on any atom is 0.0406 e. The predicted octanol–water partition coefficient (Wildman–Crippen LogP) is 3.94. The first-order valence-electron chi connectivity index (χ1n) is 6.97. The second-order valence-corrected chi connectivity index (χ2v) is 6.79. The molecule has 0 saturated heterocycles. The molecule has 1 rings (SSSR count). The highest BCUT2D eigenvalue weighted by Crippen LogP contribution is 2.13. The summed E-state index contributed by atoms with van der Waals surface area (Å²) < 4.78 is 0. The quantitative estimate of drug-likeness (QED) is 0.850. The minimum absolute atomic E-state index is 0.203. The fourth-order valence-electron chi connectivity index (χ4n) is 1.91. The second-order valence-electron chi connectivity index (χ2n) is 6.36. The van der Waals surface area contributed by atoms with E-state index >= 15 is 0 Å². The van der Waals surface area contributed by atoms with Gasteiger partial charge in [-0.1, -0.05) is 23.7 Å². The Morgan fingerprint density at radius 2 is 1.79 bits per heavy atom.